The highest BCUT2D eigenvalue weighted by Crippen LogP contribution is 2.29. The first kappa shape index (κ1) is 15.5. The van der Waals surface area contributed by atoms with E-state index in [1.807, 2.05) is 17.7 Å². The van der Waals surface area contributed by atoms with Crippen LogP contribution in [0.4, 0.5) is 0 Å². The van der Waals surface area contributed by atoms with Gasteiger partial charge in [-0.15, -0.1) is 0 Å². The number of aromatic nitrogens is 3. The molecule has 4 heteroatoms. The van der Waals surface area contributed by atoms with Crippen molar-refractivity contribution in [2.24, 2.45) is 0 Å². The van der Waals surface area contributed by atoms with Gasteiger partial charge in [-0.2, -0.15) is 5.10 Å². The van der Waals surface area contributed by atoms with E-state index in [-0.39, 0.29) is 5.92 Å². The number of methoxy groups -OCH3 is 1. The predicted octanol–water partition coefficient (Wildman–Crippen LogP) is 4.48. The van der Waals surface area contributed by atoms with E-state index >= 15 is 0 Å². The molecule has 23 heavy (non-hydrogen) atoms. The maximum Gasteiger partial charge on any atom is 0.147 e. The fourth-order valence-electron chi connectivity index (χ4n) is 2.91. The summed E-state index contributed by atoms with van der Waals surface area (Å²) in [7, 11) is 1.69. The van der Waals surface area contributed by atoms with Crippen LogP contribution in [-0.2, 0) is 0 Å². The second kappa shape index (κ2) is 6.03. The minimum atomic E-state index is 0.199. The molecular formula is C19H23N3O. The van der Waals surface area contributed by atoms with Gasteiger partial charge in [-0.05, 0) is 49.2 Å². The lowest BCUT2D eigenvalue weighted by Crippen LogP contribution is -2.11. The van der Waals surface area contributed by atoms with Crippen molar-refractivity contribution >= 4 is 10.8 Å². The molecule has 4 nitrogen and oxygen atoms in total. The Kier molecular flexibility index (Phi) is 4.07. The highest BCUT2D eigenvalue weighted by molar-refractivity contribution is 5.84. The Hall–Kier alpha value is -2.36. The van der Waals surface area contributed by atoms with Crippen molar-refractivity contribution in [1.82, 2.24) is 14.8 Å². The third kappa shape index (κ3) is 2.93. The van der Waals surface area contributed by atoms with E-state index in [9.17, 15) is 0 Å². The normalized spacial score (nSPS) is 12.8. The third-order valence-corrected chi connectivity index (χ3v) is 4.21. The number of benzene rings is 2. The molecule has 0 bridgehead atoms. The van der Waals surface area contributed by atoms with Crippen LogP contribution in [0.15, 0.2) is 36.4 Å². The number of hydrogen-bond donors (Lipinski definition) is 0. The Bertz CT molecular complexity index is 836. The molecule has 1 heterocycles. The first-order valence-electron chi connectivity index (χ1n) is 8.00. The highest BCUT2D eigenvalue weighted by Gasteiger charge is 2.18. The molecule has 3 aromatic rings. The van der Waals surface area contributed by atoms with Gasteiger partial charge in [-0.1, -0.05) is 31.2 Å². The number of nitrogens with zero attached hydrogens (tertiary/aromatic N) is 3. The summed E-state index contributed by atoms with van der Waals surface area (Å²) in [5, 5.41) is 6.92. The largest absolute Gasteiger partial charge is 0.497 e. The standard InChI is InChI=1S/C19H23N3O/c1-12(2)22-19(20-14(4)21-22)13(3)15-6-7-17-11-18(23-5)9-8-16(17)10-15/h6-13H,1-5H3/t13-/m0/s1. The van der Waals surface area contributed by atoms with Crippen LogP contribution in [0.25, 0.3) is 10.8 Å². The summed E-state index contributed by atoms with van der Waals surface area (Å²) >= 11 is 0. The molecule has 0 N–H and O–H groups in total. The van der Waals surface area contributed by atoms with E-state index in [4.69, 9.17) is 4.74 Å². The maximum absolute atomic E-state index is 5.29. The van der Waals surface area contributed by atoms with Gasteiger partial charge in [0.15, 0.2) is 0 Å². The number of hydrogen-bond acceptors (Lipinski definition) is 3. The monoisotopic (exact) mass is 309 g/mol. The minimum Gasteiger partial charge on any atom is -0.497 e. The van der Waals surface area contributed by atoms with E-state index in [2.05, 4.69) is 61.2 Å². The van der Waals surface area contributed by atoms with Crippen LogP contribution in [0.3, 0.4) is 0 Å². The quantitative estimate of drug-likeness (QED) is 0.713. The Morgan fingerprint density at radius 2 is 1.70 bits per heavy atom. The van der Waals surface area contributed by atoms with Crippen LogP contribution >= 0.6 is 0 Å². The lowest BCUT2D eigenvalue weighted by Gasteiger charge is -2.16. The number of fused-ring (bicyclic) bond motifs is 1. The van der Waals surface area contributed by atoms with Crippen molar-refractivity contribution in [3.05, 3.63) is 53.6 Å². The van der Waals surface area contributed by atoms with Gasteiger partial charge in [0, 0.05) is 12.0 Å². The first-order chi connectivity index (χ1) is 11.0. The van der Waals surface area contributed by atoms with Crippen molar-refractivity contribution in [2.75, 3.05) is 7.11 Å². The molecule has 1 atom stereocenters. The zero-order valence-corrected chi connectivity index (χ0v) is 14.4. The van der Waals surface area contributed by atoms with Crippen molar-refractivity contribution < 1.29 is 4.74 Å². The molecule has 0 aliphatic carbocycles. The molecule has 1 aromatic heterocycles. The zero-order valence-electron chi connectivity index (χ0n) is 14.4. The van der Waals surface area contributed by atoms with Gasteiger partial charge in [-0.25, -0.2) is 9.67 Å². The summed E-state index contributed by atoms with van der Waals surface area (Å²) in [4.78, 5) is 4.65. The van der Waals surface area contributed by atoms with Gasteiger partial charge >= 0.3 is 0 Å². The molecule has 0 unspecified atom stereocenters. The summed E-state index contributed by atoms with van der Waals surface area (Å²) in [6.45, 7) is 8.41. The number of aryl methyl sites for hydroxylation is 1. The molecule has 0 spiro atoms. The summed E-state index contributed by atoms with van der Waals surface area (Å²) in [6, 6.07) is 13.0. The van der Waals surface area contributed by atoms with Crippen LogP contribution < -0.4 is 4.74 Å². The lowest BCUT2D eigenvalue weighted by atomic mass is 9.97. The molecule has 2 aromatic carbocycles. The second-order valence-corrected chi connectivity index (χ2v) is 6.25. The summed E-state index contributed by atoms with van der Waals surface area (Å²) in [5.74, 6) is 2.93. The molecule has 0 aliphatic heterocycles. The van der Waals surface area contributed by atoms with Gasteiger partial charge in [0.1, 0.15) is 17.4 Å². The van der Waals surface area contributed by atoms with E-state index in [0.29, 0.717) is 6.04 Å². The molecule has 0 aliphatic rings. The molecular weight excluding hydrogens is 286 g/mol. The van der Waals surface area contributed by atoms with Gasteiger partial charge in [0.25, 0.3) is 0 Å². The van der Waals surface area contributed by atoms with Gasteiger partial charge in [0.05, 0.1) is 7.11 Å². The number of rotatable bonds is 4. The van der Waals surface area contributed by atoms with Crippen LogP contribution in [0.1, 0.15) is 49.9 Å². The van der Waals surface area contributed by atoms with Gasteiger partial charge in [-0.3, -0.25) is 0 Å². The van der Waals surface area contributed by atoms with Crippen molar-refractivity contribution in [2.45, 2.75) is 39.7 Å². The van der Waals surface area contributed by atoms with Gasteiger partial charge in [0.2, 0.25) is 0 Å². The van der Waals surface area contributed by atoms with Crippen molar-refractivity contribution in [3.63, 3.8) is 0 Å². The average molecular weight is 309 g/mol. The Labute approximate surface area is 137 Å². The molecule has 0 amide bonds. The maximum atomic E-state index is 5.29. The third-order valence-electron chi connectivity index (χ3n) is 4.21. The van der Waals surface area contributed by atoms with Gasteiger partial charge < -0.3 is 4.74 Å². The van der Waals surface area contributed by atoms with Crippen LogP contribution in [-0.4, -0.2) is 21.9 Å². The summed E-state index contributed by atoms with van der Waals surface area (Å²) < 4.78 is 7.32. The molecule has 0 saturated carbocycles. The zero-order chi connectivity index (χ0) is 16.6. The summed E-state index contributed by atoms with van der Waals surface area (Å²) in [5.41, 5.74) is 1.25. The highest BCUT2D eigenvalue weighted by atomic mass is 16.5. The Morgan fingerprint density at radius 1 is 1.00 bits per heavy atom. The molecule has 0 saturated heterocycles. The fourth-order valence-corrected chi connectivity index (χ4v) is 2.91. The minimum absolute atomic E-state index is 0.199. The van der Waals surface area contributed by atoms with Crippen molar-refractivity contribution in [1.29, 1.82) is 0 Å². The van der Waals surface area contributed by atoms with E-state index in [0.717, 1.165) is 17.4 Å². The molecule has 0 fully saturated rings. The second-order valence-electron chi connectivity index (χ2n) is 6.25. The molecule has 120 valence electrons. The topological polar surface area (TPSA) is 39.9 Å². The SMILES string of the molecule is COc1ccc2cc([C@H](C)c3nc(C)nn3C(C)C)ccc2c1. The van der Waals surface area contributed by atoms with E-state index in [1.54, 1.807) is 7.11 Å². The van der Waals surface area contributed by atoms with E-state index < -0.39 is 0 Å². The van der Waals surface area contributed by atoms with Crippen LogP contribution in [0.2, 0.25) is 0 Å². The fraction of sp³-hybridized carbons (Fsp3) is 0.368. The summed E-state index contributed by atoms with van der Waals surface area (Å²) in [6.07, 6.45) is 0. The average Bonchev–Trinajstić information content (AvgIpc) is 2.95. The number of ether oxygens (including phenoxy) is 1. The van der Waals surface area contributed by atoms with Crippen LogP contribution in [0, 0.1) is 6.92 Å². The Morgan fingerprint density at radius 3 is 2.39 bits per heavy atom. The van der Waals surface area contributed by atoms with Crippen molar-refractivity contribution in [3.8, 4) is 5.75 Å². The first-order valence-corrected chi connectivity index (χ1v) is 8.00. The van der Waals surface area contributed by atoms with E-state index in [1.165, 1.54) is 16.3 Å². The molecule has 3 rings (SSSR count). The smallest absolute Gasteiger partial charge is 0.147 e. The molecule has 0 radical (unpaired) electrons. The predicted molar refractivity (Wildman–Crippen MR) is 93.2 cm³/mol. The Balaban J connectivity index is 2.02. The van der Waals surface area contributed by atoms with Crippen LogP contribution in [0.5, 0.6) is 5.75 Å². The lowest BCUT2D eigenvalue weighted by molar-refractivity contribution is 0.415.